The van der Waals surface area contributed by atoms with Gasteiger partial charge in [0.2, 0.25) is 0 Å². The number of hydrogen-bond acceptors (Lipinski definition) is 9. The van der Waals surface area contributed by atoms with Crippen LogP contribution >= 0.6 is 0 Å². The molecule has 0 saturated carbocycles. The van der Waals surface area contributed by atoms with Gasteiger partial charge in [0.25, 0.3) is 0 Å². The molecule has 1 fully saturated rings. The normalized spacial score (nSPS) is 13.6. The Hall–Kier alpha value is -4.55. The highest BCUT2D eigenvalue weighted by molar-refractivity contribution is 5.89. The minimum atomic E-state index is 0.394. The first-order chi connectivity index (χ1) is 19.1. The molecule has 0 bridgehead atoms. The van der Waals surface area contributed by atoms with Gasteiger partial charge in [-0.2, -0.15) is 5.26 Å². The number of anilines is 3. The van der Waals surface area contributed by atoms with Crippen molar-refractivity contribution in [1.82, 2.24) is 14.9 Å². The molecule has 0 atom stereocenters. The van der Waals surface area contributed by atoms with Crippen molar-refractivity contribution in [3.8, 4) is 23.3 Å². The fourth-order valence-electron chi connectivity index (χ4n) is 4.63. The zero-order valence-corrected chi connectivity index (χ0v) is 22.5. The van der Waals surface area contributed by atoms with E-state index in [2.05, 4.69) is 33.1 Å². The lowest BCUT2D eigenvalue weighted by atomic mass is 10.1. The summed E-state index contributed by atoms with van der Waals surface area (Å²) in [5.41, 5.74) is 4.16. The first kappa shape index (κ1) is 26.1. The van der Waals surface area contributed by atoms with Gasteiger partial charge in [0.05, 0.1) is 31.6 Å². The lowest BCUT2D eigenvalue weighted by molar-refractivity contribution is 0.270. The number of ether oxygens (including phenoxy) is 3. The third-order valence-corrected chi connectivity index (χ3v) is 6.95. The van der Waals surface area contributed by atoms with Gasteiger partial charge in [0, 0.05) is 37.9 Å². The third-order valence-electron chi connectivity index (χ3n) is 6.95. The molecule has 9 heteroatoms. The molecule has 9 nitrogen and oxygen atoms in total. The summed E-state index contributed by atoms with van der Waals surface area (Å²) < 4.78 is 16.8. The van der Waals surface area contributed by atoms with E-state index < -0.39 is 0 Å². The fraction of sp³-hybridized carbons (Fsp3) is 0.300. The van der Waals surface area contributed by atoms with Crippen molar-refractivity contribution < 1.29 is 14.2 Å². The second-order valence-electron chi connectivity index (χ2n) is 9.24. The first-order valence-electron chi connectivity index (χ1n) is 13.0. The van der Waals surface area contributed by atoms with Crippen molar-refractivity contribution >= 4 is 28.2 Å². The van der Waals surface area contributed by atoms with Gasteiger partial charge >= 0.3 is 0 Å². The second kappa shape index (κ2) is 11.9. The molecule has 0 aliphatic carbocycles. The van der Waals surface area contributed by atoms with Gasteiger partial charge in [0.1, 0.15) is 35.3 Å². The Bertz CT molecular complexity index is 1480. The largest absolute Gasteiger partial charge is 0.497 e. The van der Waals surface area contributed by atoms with Crippen LogP contribution in [-0.2, 0) is 6.61 Å². The van der Waals surface area contributed by atoms with Gasteiger partial charge in [-0.15, -0.1) is 0 Å². The molecule has 0 unspecified atom stereocenters. The van der Waals surface area contributed by atoms with Crippen LogP contribution in [0.4, 0.5) is 17.2 Å². The Kier molecular flexibility index (Phi) is 7.94. The predicted molar refractivity (Wildman–Crippen MR) is 152 cm³/mol. The molecule has 0 radical (unpaired) electrons. The minimum absolute atomic E-state index is 0.394. The highest BCUT2D eigenvalue weighted by Crippen LogP contribution is 2.34. The number of aromatic nitrogens is 2. The summed E-state index contributed by atoms with van der Waals surface area (Å²) >= 11 is 0. The summed E-state index contributed by atoms with van der Waals surface area (Å²) in [6.07, 6.45) is 1.80. The number of fused-ring (bicyclic) bond motifs is 1. The SMILES string of the molecule is CCN1CCN(c2cnc3ccc(Nc4ccc(OCc5ccc(OC)cc5)c(OC)c4)c(C#N)c3n2)CC1. The lowest BCUT2D eigenvalue weighted by Crippen LogP contribution is -2.46. The van der Waals surface area contributed by atoms with Crippen molar-refractivity contribution in [1.29, 1.82) is 5.26 Å². The fourth-order valence-corrected chi connectivity index (χ4v) is 4.63. The zero-order chi connectivity index (χ0) is 27.2. The standard InChI is InChI=1S/C30H32N6O3/c1-4-35-13-15-36(16-14-35)29-19-32-26-11-10-25(24(18-31)30(26)34-29)33-22-7-12-27(28(17-22)38-3)39-20-21-5-8-23(37-2)9-6-21/h5-12,17,19,33H,4,13-16,20H2,1-3H3. The van der Waals surface area contributed by atoms with E-state index in [1.165, 1.54) is 0 Å². The Balaban J connectivity index is 1.35. The maximum Gasteiger partial charge on any atom is 0.162 e. The molecule has 0 spiro atoms. The highest BCUT2D eigenvalue weighted by atomic mass is 16.5. The smallest absolute Gasteiger partial charge is 0.162 e. The van der Waals surface area contributed by atoms with Crippen LogP contribution in [-0.4, -0.2) is 61.8 Å². The zero-order valence-electron chi connectivity index (χ0n) is 22.5. The quantitative estimate of drug-likeness (QED) is 0.325. The van der Waals surface area contributed by atoms with Gasteiger partial charge in [0.15, 0.2) is 11.5 Å². The molecule has 1 saturated heterocycles. The molecule has 2 heterocycles. The van der Waals surface area contributed by atoms with Crippen LogP contribution in [0.2, 0.25) is 0 Å². The van der Waals surface area contributed by atoms with E-state index in [1.807, 2.05) is 54.6 Å². The molecule has 5 rings (SSSR count). The van der Waals surface area contributed by atoms with E-state index in [4.69, 9.17) is 19.2 Å². The topological polar surface area (TPSA) is 95.8 Å². The molecule has 0 amide bonds. The molecule has 3 aromatic carbocycles. The van der Waals surface area contributed by atoms with Crippen LogP contribution in [0.3, 0.4) is 0 Å². The molecular formula is C30H32N6O3. The molecule has 4 aromatic rings. The van der Waals surface area contributed by atoms with Crippen LogP contribution in [0, 0.1) is 11.3 Å². The Morgan fingerprint density at radius 3 is 2.44 bits per heavy atom. The number of methoxy groups -OCH3 is 2. The van der Waals surface area contributed by atoms with E-state index in [0.717, 1.165) is 55.5 Å². The number of rotatable bonds is 9. The maximum atomic E-state index is 10.1. The van der Waals surface area contributed by atoms with Crippen LogP contribution in [0.5, 0.6) is 17.2 Å². The number of nitrogens with one attached hydrogen (secondary N) is 1. The van der Waals surface area contributed by atoms with Gasteiger partial charge in [-0.25, -0.2) is 4.98 Å². The minimum Gasteiger partial charge on any atom is -0.497 e. The molecule has 1 aliphatic heterocycles. The van der Waals surface area contributed by atoms with E-state index in [1.54, 1.807) is 20.4 Å². The summed E-state index contributed by atoms with van der Waals surface area (Å²) in [5.74, 6) is 2.80. The third kappa shape index (κ3) is 5.81. The summed E-state index contributed by atoms with van der Waals surface area (Å²) in [6.45, 7) is 7.38. The van der Waals surface area contributed by atoms with E-state index in [9.17, 15) is 5.26 Å². The van der Waals surface area contributed by atoms with Crippen molar-refractivity contribution in [3.63, 3.8) is 0 Å². The number of nitrogens with zero attached hydrogens (tertiary/aromatic N) is 5. The number of piperazine rings is 1. The average molecular weight is 525 g/mol. The summed E-state index contributed by atoms with van der Waals surface area (Å²) in [7, 11) is 3.25. The second-order valence-corrected chi connectivity index (χ2v) is 9.24. The molecule has 200 valence electrons. The summed E-state index contributed by atoms with van der Waals surface area (Å²) in [6, 6.07) is 19.4. The Morgan fingerprint density at radius 2 is 1.74 bits per heavy atom. The van der Waals surface area contributed by atoms with Crippen LogP contribution in [0.25, 0.3) is 11.0 Å². The first-order valence-corrected chi connectivity index (χ1v) is 13.0. The Morgan fingerprint density at radius 1 is 0.949 bits per heavy atom. The molecule has 39 heavy (non-hydrogen) atoms. The summed E-state index contributed by atoms with van der Waals surface area (Å²) in [4.78, 5) is 14.1. The van der Waals surface area contributed by atoms with Gasteiger partial charge < -0.3 is 29.3 Å². The average Bonchev–Trinajstić information content (AvgIpc) is 3.00. The molecular weight excluding hydrogens is 492 g/mol. The lowest BCUT2D eigenvalue weighted by Gasteiger charge is -2.34. The number of hydrogen-bond donors (Lipinski definition) is 1. The van der Waals surface area contributed by atoms with Crippen LogP contribution in [0.1, 0.15) is 18.1 Å². The van der Waals surface area contributed by atoms with Crippen molar-refractivity contribution in [2.45, 2.75) is 13.5 Å². The molecule has 1 aliphatic rings. The van der Waals surface area contributed by atoms with Crippen molar-refractivity contribution in [3.05, 3.63) is 71.9 Å². The summed E-state index contributed by atoms with van der Waals surface area (Å²) in [5, 5.41) is 13.4. The van der Waals surface area contributed by atoms with Crippen molar-refractivity contribution in [2.24, 2.45) is 0 Å². The van der Waals surface area contributed by atoms with Crippen molar-refractivity contribution in [2.75, 3.05) is 57.2 Å². The number of nitriles is 1. The van der Waals surface area contributed by atoms with E-state index in [0.29, 0.717) is 40.4 Å². The monoisotopic (exact) mass is 524 g/mol. The van der Waals surface area contributed by atoms with Crippen LogP contribution < -0.4 is 24.4 Å². The van der Waals surface area contributed by atoms with Gasteiger partial charge in [-0.1, -0.05) is 19.1 Å². The maximum absolute atomic E-state index is 10.1. The predicted octanol–water partition coefficient (Wildman–Crippen LogP) is 4.98. The van der Waals surface area contributed by atoms with Crippen LogP contribution in [0.15, 0.2) is 60.8 Å². The van der Waals surface area contributed by atoms with Gasteiger partial charge in [-0.3, -0.25) is 4.98 Å². The van der Waals surface area contributed by atoms with E-state index in [-0.39, 0.29) is 0 Å². The number of benzene rings is 3. The number of likely N-dealkylation sites (N-methyl/N-ethyl adjacent to an activating group) is 1. The van der Waals surface area contributed by atoms with E-state index >= 15 is 0 Å². The Labute approximate surface area is 228 Å². The van der Waals surface area contributed by atoms with Gasteiger partial charge in [-0.05, 0) is 48.5 Å². The molecule has 1 aromatic heterocycles. The molecule has 1 N–H and O–H groups in total. The highest BCUT2D eigenvalue weighted by Gasteiger charge is 2.19.